The van der Waals surface area contributed by atoms with Crippen LogP contribution in [-0.2, 0) is 19.6 Å². The summed E-state index contributed by atoms with van der Waals surface area (Å²) in [6, 6.07) is 1.34. The van der Waals surface area contributed by atoms with Gasteiger partial charge in [0, 0.05) is 44.6 Å². The number of amides is 1. The molecule has 2 aliphatic heterocycles. The maximum atomic E-state index is 12.7. The summed E-state index contributed by atoms with van der Waals surface area (Å²) in [4.78, 5) is 25.4. The number of nitrogens with one attached hydrogen (secondary N) is 1. The molecular formula is C14H20ClN3O5S2. The molecule has 140 valence electrons. The number of piperazine rings is 1. The van der Waals surface area contributed by atoms with Crippen molar-refractivity contribution in [2.45, 2.75) is 4.21 Å². The van der Waals surface area contributed by atoms with Crippen molar-refractivity contribution >= 4 is 45.6 Å². The van der Waals surface area contributed by atoms with Crippen LogP contribution in [0.5, 0.6) is 0 Å². The molecule has 3 heterocycles. The Kier molecular flexibility index (Phi) is 6.44. The number of thiophene rings is 1. The molecule has 0 unspecified atom stereocenters. The van der Waals surface area contributed by atoms with E-state index in [0.717, 1.165) is 11.3 Å². The molecular weight excluding hydrogens is 390 g/mol. The lowest BCUT2D eigenvalue weighted by Crippen LogP contribution is -2.57. The normalized spacial score (nSPS) is 19.0. The first kappa shape index (κ1) is 20.1. The highest BCUT2D eigenvalue weighted by atomic mass is 35.5. The number of carbonyl (C=O) groups excluding carboxylic acids is 2. The SMILES string of the molecule is COC(=O)c1csc(S(=O)(=O)N2CCN(C(=O)C3CNC3)CC2)c1.Cl. The molecule has 0 atom stereocenters. The quantitative estimate of drug-likeness (QED) is 0.704. The highest BCUT2D eigenvalue weighted by Crippen LogP contribution is 2.25. The minimum absolute atomic E-state index is 0. The number of methoxy groups -OCH3 is 1. The maximum absolute atomic E-state index is 12.7. The first-order valence-corrected chi connectivity index (χ1v) is 9.92. The van der Waals surface area contributed by atoms with E-state index in [-0.39, 0.29) is 47.1 Å². The third kappa shape index (κ3) is 3.98. The summed E-state index contributed by atoms with van der Waals surface area (Å²) in [6.45, 7) is 2.71. The lowest BCUT2D eigenvalue weighted by molar-refractivity contribution is -0.138. The monoisotopic (exact) mass is 409 g/mol. The molecule has 0 radical (unpaired) electrons. The molecule has 0 aliphatic carbocycles. The van der Waals surface area contributed by atoms with Crippen LogP contribution in [0, 0.1) is 5.92 Å². The fraction of sp³-hybridized carbons (Fsp3) is 0.571. The number of hydrogen-bond donors (Lipinski definition) is 1. The zero-order valence-electron chi connectivity index (χ0n) is 13.6. The van der Waals surface area contributed by atoms with Crippen LogP contribution in [-0.4, -0.2) is 75.9 Å². The van der Waals surface area contributed by atoms with Gasteiger partial charge in [0.15, 0.2) is 0 Å². The van der Waals surface area contributed by atoms with Crippen molar-refractivity contribution in [2.24, 2.45) is 5.92 Å². The van der Waals surface area contributed by atoms with Gasteiger partial charge >= 0.3 is 5.97 Å². The molecule has 0 aromatic carbocycles. The van der Waals surface area contributed by atoms with Gasteiger partial charge in [-0.05, 0) is 6.07 Å². The van der Waals surface area contributed by atoms with Crippen LogP contribution >= 0.6 is 23.7 Å². The summed E-state index contributed by atoms with van der Waals surface area (Å²) in [5.74, 6) is -0.444. The van der Waals surface area contributed by atoms with Gasteiger partial charge < -0.3 is 15.0 Å². The minimum atomic E-state index is -3.65. The molecule has 3 rings (SSSR count). The fourth-order valence-corrected chi connectivity index (χ4v) is 5.40. The highest BCUT2D eigenvalue weighted by Gasteiger charge is 2.35. The van der Waals surface area contributed by atoms with Crippen molar-refractivity contribution < 1.29 is 22.7 Å². The third-order valence-electron chi connectivity index (χ3n) is 4.27. The molecule has 2 saturated heterocycles. The lowest BCUT2D eigenvalue weighted by Gasteiger charge is -2.37. The third-order valence-corrected chi connectivity index (χ3v) is 7.59. The lowest BCUT2D eigenvalue weighted by atomic mass is 10.0. The predicted octanol–water partition coefficient (Wildman–Crippen LogP) is 0.00880. The Morgan fingerprint density at radius 3 is 2.40 bits per heavy atom. The smallest absolute Gasteiger partial charge is 0.338 e. The van der Waals surface area contributed by atoms with Gasteiger partial charge in [0.25, 0.3) is 10.0 Å². The zero-order chi connectivity index (χ0) is 17.3. The van der Waals surface area contributed by atoms with Crippen LogP contribution < -0.4 is 5.32 Å². The Morgan fingerprint density at radius 2 is 1.88 bits per heavy atom. The predicted molar refractivity (Wildman–Crippen MR) is 94.6 cm³/mol. The van der Waals surface area contributed by atoms with Gasteiger partial charge in [-0.2, -0.15) is 4.31 Å². The number of rotatable bonds is 4. The number of ether oxygens (including phenoxy) is 1. The van der Waals surface area contributed by atoms with Crippen LogP contribution in [0.15, 0.2) is 15.7 Å². The van der Waals surface area contributed by atoms with Crippen molar-refractivity contribution in [3.8, 4) is 0 Å². The Labute approximate surface area is 156 Å². The average molecular weight is 410 g/mol. The fourth-order valence-electron chi connectivity index (χ4n) is 2.67. The van der Waals surface area contributed by atoms with E-state index in [1.54, 1.807) is 4.90 Å². The molecule has 11 heteroatoms. The Balaban J connectivity index is 0.00000225. The summed E-state index contributed by atoms with van der Waals surface area (Å²) in [7, 11) is -2.40. The average Bonchev–Trinajstić information content (AvgIpc) is 3.03. The molecule has 0 spiro atoms. The molecule has 1 aromatic heterocycles. The van der Waals surface area contributed by atoms with Gasteiger partial charge in [-0.1, -0.05) is 0 Å². The summed E-state index contributed by atoms with van der Waals surface area (Å²) >= 11 is 0.999. The molecule has 1 aromatic rings. The van der Waals surface area contributed by atoms with E-state index in [1.807, 2.05) is 0 Å². The topological polar surface area (TPSA) is 96.0 Å². The van der Waals surface area contributed by atoms with Crippen LogP contribution in [0.1, 0.15) is 10.4 Å². The van der Waals surface area contributed by atoms with Gasteiger partial charge in [-0.3, -0.25) is 4.79 Å². The largest absolute Gasteiger partial charge is 0.465 e. The Bertz CT molecular complexity index is 739. The second-order valence-electron chi connectivity index (χ2n) is 5.73. The van der Waals surface area contributed by atoms with Crippen molar-refractivity contribution in [1.29, 1.82) is 0 Å². The maximum Gasteiger partial charge on any atom is 0.338 e. The number of nitrogens with zero attached hydrogens (tertiary/aromatic N) is 2. The first-order chi connectivity index (χ1) is 11.4. The molecule has 2 fully saturated rings. The molecule has 1 amide bonds. The van der Waals surface area contributed by atoms with Gasteiger partial charge in [0.2, 0.25) is 5.91 Å². The van der Waals surface area contributed by atoms with Crippen LogP contribution in [0.25, 0.3) is 0 Å². The summed E-state index contributed by atoms with van der Waals surface area (Å²) in [5.41, 5.74) is 0.229. The van der Waals surface area contributed by atoms with E-state index in [1.165, 1.54) is 22.9 Å². The summed E-state index contributed by atoms with van der Waals surface area (Å²) in [5, 5.41) is 4.54. The van der Waals surface area contributed by atoms with Crippen LogP contribution in [0.2, 0.25) is 0 Å². The van der Waals surface area contributed by atoms with E-state index in [4.69, 9.17) is 0 Å². The number of sulfonamides is 1. The number of carbonyl (C=O) groups is 2. The second kappa shape index (κ2) is 8.00. The van der Waals surface area contributed by atoms with Crippen LogP contribution in [0.4, 0.5) is 0 Å². The summed E-state index contributed by atoms with van der Waals surface area (Å²) < 4.78 is 31.4. The van der Waals surface area contributed by atoms with Crippen molar-refractivity contribution in [2.75, 3.05) is 46.4 Å². The van der Waals surface area contributed by atoms with E-state index in [9.17, 15) is 18.0 Å². The number of esters is 1. The van der Waals surface area contributed by atoms with Crippen molar-refractivity contribution in [3.05, 3.63) is 17.0 Å². The first-order valence-electron chi connectivity index (χ1n) is 7.60. The Hall–Kier alpha value is -1.20. The van der Waals surface area contributed by atoms with Gasteiger partial charge in [-0.15, -0.1) is 23.7 Å². The van der Waals surface area contributed by atoms with Gasteiger partial charge in [0.1, 0.15) is 4.21 Å². The molecule has 0 bridgehead atoms. The zero-order valence-corrected chi connectivity index (χ0v) is 16.1. The van der Waals surface area contributed by atoms with Crippen molar-refractivity contribution in [1.82, 2.24) is 14.5 Å². The molecule has 8 nitrogen and oxygen atoms in total. The number of hydrogen-bond acceptors (Lipinski definition) is 7. The van der Waals surface area contributed by atoms with E-state index < -0.39 is 16.0 Å². The van der Waals surface area contributed by atoms with E-state index in [2.05, 4.69) is 10.1 Å². The second-order valence-corrected chi connectivity index (χ2v) is 8.81. The minimum Gasteiger partial charge on any atom is -0.465 e. The molecule has 0 saturated carbocycles. The molecule has 1 N–H and O–H groups in total. The molecule has 2 aliphatic rings. The van der Waals surface area contributed by atoms with Crippen molar-refractivity contribution in [3.63, 3.8) is 0 Å². The van der Waals surface area contributed by atoms with Crippen LogP contribution in [0.3, 0.4) is 0 Å². The summed E-state index contributed by atoms with van der Waals surface area (Å²) in [6.07, 6.45) is 0. The molecule has 25 heavy (non-hydrogen) atoms. The Morgan fingerprint density at radius 1 is 1.24 bits per heavy atom. The highest BCUT2D eigenvalue weighted by molar-refractivity contribution is 7.91. The number of halogens is 1. The van der Waals surface area contributed by atoms with Gasteiger partial charge in [0.05, 0.1) is 18.6 Å². The van der Waals surface area contributed by atoms with E-state index in [0.29, 0.717) is 26.2 Å². The standard InChI is InChI=1S/C14H19N3O5S2.ClH/c1-22-14(19)10-6-12(23-9-10)24(20,21)17-4-2-16(3-5-17)13(18)11-7-15-8-11;/h6,9,11,15H,2-5,7-8H2,1H3;1H. The van der Waals surface area contributed by atoms with E-state index >= 15 is 0 Å². The van der Waals surface area contributed by atoms with Gasteiger partial charge in [-0.25, -0.2) is 13.2 Å².